The molecule has 27 heavy (non-hydrogen) atoms. The molecule has 7 heteroatoms. The molecule has 2 bridgehead atoms. The largest absolute Gasteiger partial charge is 0.459 e. The minimum atomic E-state index is -1.72. The fraction of sp³-hybridized carbons (Fsp3) is 0.500. The number of hydrogen-bond acceptors (Lipinski definition) is 6. The van der Waals surface area contributed by atoms with E-state index in [1.54, 1.807) is 12.1 Å². The predicted octanol–water partition coefficient (Wildman–Crippen LogP) is 2.80. The third-order valence-corrected chi connectivity index (χ3v) is 8.32. The number of carbonyl (C=O) groups excluding carboxylic acids is 1. The lowest BCUT2D eigenvalue weighted by Crippen LogP contribution is -2.60. The molecule has 2 aromatic rings. The van der Waals surface area contributed by atoms with Crippen LogP contribution in [0.2, 0.25) is 0 Å². The van der Waals surface area contributed by atoms with Gasteiger partial charge in [0.15, 0.2) is 0 Å². The van der Waals surface area contributed by atoms with E-state index >= 15 is 0 Å². The van der Waals surface area contributed by atoms with Crippen LogP contribution in [-0.4, -0.2) is 60.0 Å². The highest BCUT2D eigenvalue weighted by molar-refractivity contribution is 7.12. The van der Waals surface area contributed by atoms with Gasteiger partial charge in [-0.15, -0.1) is 22.7 Å². The molecule has 0 amide bonds. The smallest absolute Gasteiger partial charge is 0.349 e. The number of piperidine rings is 1. The Balaban J connectivity index is 0.00000180. The molecule has 0 aromatic carbocycles. The molecular formula is C20H25NO4S2. The summed E-state index contributed by atoms with van der Waals surface area (Å²) in [7, 11) is 4.49. The Labute approximate surface area is 167 Å². The van der Waals surface area contributed by atoms with Crippen LogP contribution in [0, 0.1) is 7.43 Å². The Kier molecular flexibility index (Phi) is 4.51. The van der Waals surface area contributed by atoms with Crippen LogP contribution in [0.5, 0.6) is 0 Å². The molecule has 4 unspecified atom stereocenters. The highest BCUT2D eigenvalue weighted by atomic mass is 32.1. The molecule has 1 N–H and O–H groups in total. The lowest BCUT2D eigenvalue weighted by atomic mass is 9.95. The zero-order chi connectivity index (χ0) is 18.1. The van der Waals surface area contributed by atoms with Crippen molar-refractivity contribution in [3.8, 4) is 0 Å². The van der Waals surface area contributed by atoms with Crippen molar-refractivity contribution >= 4 is 28.6 Å². The van der Waals surface area contributed by atoms with Crippen molar-refractivity contribution < 1.29 is 23.9 Å². The first-order valence-corrected chi connectivity index (χ1v) is 10.7. The monoisotopic (exact) mass is 407 g/mol. The third kappa shape index (κ3) is 2.71. The maximum atomic E-state index is 13.1. The van der Waals surface area contributed by atoms with E-state index in [-0.39, 0.29) is 13.5 Å². The average molecular weight is 408 g/mol. The van der Waals surface area contributed by atoms with Crippen molar-refractivity contribution in [1.82, 2.24) is 0 Å². The average Bonchev–Trinajstić information content (AvgIpc) is 2.98. The summed E-state index contributed by atoms with van der Waals surface area (Å²) in [5, 5.41) is 15.1. The molecular weight excluding hydrogens is 382 g/mol. The van der Waals surface area contributed by atoms with Crippen LogP contribution in [0.1, 0.15) is 22.6 Å². The van der Waals surface area contributed by atoms with Crippen molar-refractivity contribution in [1.29, 1.82) is 0 Å². The zero-order valence-electron chi connectivity index (χ0n) is 15.7. The van der Waals surface area contributed by atoms with Crippen LogP contribution in [0.3, 0.4) is 0 Å². The maximum Gasteiger partial charge on any atom is 0.349 e. The van der Waals surface area contributed by atoms with Crippen LogP contribution >= 0.6 is 22.7 Å². The van der Waals surface area contributed by atoms with Gasteiger partial charge in [-0.2, -0.15) is 0 Å². The number of ether oxygens (including phenoxy) is 2. The summed E-state index contributed by atoms with van der Waals surface area (Å²) in [4.78, 5) is 14.3. The number of morpholine rings is 1. The highest BCUT2D eigenvalue weighted by Crippen LogP contribution is 2.52. The van der Waals surface area contributed by atoms with Crippen molar-refractivity contribution in [2.24, 2.45) is 0 Å². The molecule has 0 aliphatic carbocycles. The standard InChI is InChI=1S/C19H22NO4S2.CH3/c1-20(2)12-9-11(10-13(20)17-16(12)24-17)23-18(21)19(22,14-5-3-7-25-14)15-6-4-8-26-15;/h3-8,11-13,16-17,22H,9-10H2,1-2H3;1H3/q+1;-1. The molecule has 0 spiro atoms. The first-order valence-electron chi connectivity index (χ1n) is 8.92. The van der Waals surface area contributed by atoms with Crippen molar-refractivity contribution in [3.05, 3.63) is 52.2 Å². The van der Waals surface area contributed by atoms with E-state index in [1.807, 2.05) is 22.9 Å². The van der Waals surface area contributed by atoms with E-state index in [4.69, 9.17) is 9.47 Å². The number of carbonyl (C=O) groups is 1. The number of quaternary nitrogens is 1. The molecule has 5 rings (SSSR count). The summed E-state index contributed by atoms with van der Waals surface area (Å²) in [6, 6.07) is 8.01. The van der Waals surface area contributed by atoms with Gasteiger partial charge in [0.25, 0.3) is 0 Å². The van der Waals surface area contributed by atoms with Gasteiger partial charge in [-0.1, -0.05) is 12.1 Å². The Hall–Kier alpha value is -1.25. The summed E-state index contributed by atoms with van der Waals surface area (Å²) in [6.45, 7) is 0. The number of likely N-dealkylation sites (N-methyl/N-ethyl adjacent to an activating group) is 1. The first kappa shape index (κ1) is 19.1. The van der Waals surface area contributed by atoms with Gasteiger partial charge in [0, 0.05) is 12.8 Å². The number of nitrogens with zero attached hydrogens (tertiary/aromatic N) is 1. The molecule has 0 saturated carbocycles. The van der Waals surface area contributed by atoms with Gasteiger partial charge < -0.3 is 26.5 Å². The molecule has 0 radical (unpaired) electrons. The molecule has 5 heterocycles. The van der Waals surface area contributed by atoms with Crippen LogP contribution in [-0.2, 0) is 19.9 Å². The van der Waals surface area contributed by atoms with Gasteiger partial charge in [-0.05, 0) is 22.9 Å². The lowest BCUT2D eigenvalue weighted by molar-refractivity contribution is -0.938. The van der Waals surface area contributed by atoms with E-state index in [0.717, 1.165) is 17.3 Å². The fourth-order valence-corrected chi connectivity index (χ4v) is 6.54. The van der Waals surface area contributed by atoms with E-state index in [0.29, 0.717) is 34.0 Å². The van der Waals surface area contributed by atoms with E-state index < -0.39 is 11.6 Å². The number of fused-ring (bicyclic) bond motifs is 5. The summed E-state index contributed by atoms with van der Waals surface area (Å²) in [5.41, 5.74) is -1.72. The molecule has 3 aliphatic rings. The Morgan fingerprint density at radius 1 is 1.15 bits per heavy atom. The molecule has 3 fully saturated rings. The Morgan fingerprint density at radius 3 is 2.11 bits per heavy atom. The van der Waals surface area contributed by atoms with E-state index in [2.05, 4.69) is 14.1 Å². The normalized spacial score (nSPS) is 33.1. The number of hydrogen-bond donors (Lipinski definition) is 1. The molecule has 146 valence electrons. The van der Waals surface area contributed by atoms with Gasteiger partial charge in [0.1, 0.15) is 30.4 Å². The van der Waals surface area contributed by atoms with Crippen LogP contribution < -0.4 is 0 Å². The summed E-state index contributed by atoms with van der Waals surface area (Å²) < 4.78 is 12.6. The first-order chi connectivity index (χ1) is 12.4. The quantitative estimate of drug-likeness (QED) is 0.366. The topological polar surface area (TPSA) is 59.1 Å². The molecule has 3 aliphatic heterocycles. The van der Waals surface area contributed by atoms with Crippen molar-refractivity contribution in [3.63, 3.8) is 0 Å². The second-order valence-electron chi connectivity index (χ2n) is 7.99. The van der Waals surface area contributed by atoms with Gasteiger partial charge in [0.2, 0.25) is 5.60 Å². The summed E-state index contributed by atoms with van der Waals surface area (Å²) in [6.07, 6.45) is 2.05. The second-order valence-corrected chi connectivity index (χ2v) is 9.89. The Bertz CT molecular complexity index is 763. The number of thiophene rings is 2. The maximum absolute atomic E-state index is 13.1. The lowest BCUT2D eigenvalue weighted by Gasteiger charge is -2.45. The number of esters is 1. The SMILES string of the molecule is C[N+]1(C)C2CC(OC(=O)C(O)(c3cccs3)c3cccs3)CC1C1OC12.[CH3-]. The molecule has 5 nitrogen and oxygen atoms in total. The predicted molar refractivity (Wildman–Crippen MR) is 106 cm³/mol. The van der Waals surface area contributed by atoms with Crippen LogP contribution in [0.15, 0.2) is 35.0 Å². The highest BCUT2D eigenvalue weighted by Gasteiger charge is 2.71. The number of aliphatic hydroxyl groups is 1. The van der Waals surface area contributed by atoms with Crippen LogP contribution in [0.25, 0.3) is 0 Å². The Morgan fingerprint density at radius 2 is 1.67 bits per heavy atom. The van der Waals surface area contributed by atoms with E-state index in [1.165, 1.54) is 22.7 Å². The number of epoxide rings is 1. The van der Waals surface area contributed by atoms with Gasteiger partial charge in [0.05, 0.1) is 23.8 Å². The molecule has 2 aromatic heterocycles. The fourth-order valence-electron chi connectivity index (χ4n) is 4.83. The van der Waals surface area contributed by atoms with Crippen molar-refractivity contribution in [2.45, 2.75) is 48.8 Å². The number of rotatable bonds is 4. The van der Waals surface area contributed by atoms with Crippen LogP contribution in [0.4, 0.5) is 0 Å². The second kappa shape index (κ2) is 6.39. The van der Waals surface area contributed by atoms with Crippen molar-refractivity contribution in [2.75, 3.05) is 14.1 Å². The molecule has 3 saturated heterocycles. The van der Waals surface area contributed by atoms with Gasteiger partial charge >= 0.3 is 5.97 Å². The van der Waals surface area contributed by atoms with E-state index in [9.17, 15) is 9.90 Å². The van der Waals surface area contributed by atoms with Gasteiger partial charge in [-0.3, -0.25) is 0 Å². The summed E-state index contributed by atoms with van der Waals surface area (Å²) in [5.74, 6) is -0.561. The zero-order valence-corrected chi connectivity index (χ0v) is 17.3. The minimum Gasteiger partial charge on any atom is -0.459 e. The summed E-state index contributed by atoms with van der Waals surface area (Å²) >= 11 is 2.74. The van der Waals surface area contributed by atoms with Gasteiger partial charge in [-0.25, -0.2) is 4.79 Å². The third-order valence-electron chi connectivity index (χ3n) is 6.36. The molecule has 4 atom stereocenters. The minimum absolute atomic E-state index is 0.